The first-order valence-corrected chi connectivity index (χ1v) is 9.18. The fourth-order valence-electron chi connectivity index (χ4n) is 2.64. The van der Waals surface area contributed by atoms with Crippen molar-refractivity contribution in [1.29, 1.82) is 0 Å². The smallest absolute Gasteiger partial charge is 0.272 e. The zero-order valence-electron chi connectivity index (χ0n) is 16.6. The number of hydrogen-bond donors (Lipinski definition) is 2. The van der Waals surface area contributed by atoms with Crippen LogP contribution in [-0.2, 0) is 4.79 Å². The van der Waals surface area contributed by atoms with Crippen LogP contribution in [0.15, 0.2) is 83.1 Å². The predicted molar refractivity (Wildman–Crippen MR) is 114 cm³/mol. The molecular formula is C23H21N3O4. The molecule has 30 heavy (non-hydrogen) atoms. The van der Waals surface area contributed by atoms with E-state index in [1.807, 2.05) is 0 Å². The molecule has 0 saturated carbocycles. The number of rotatable bonds is 6. The molecule has 7 nitrogen and oxygen atoms in total. The molecule has 0 spiro atoms. The summed E-state index contributed by atoms with van der Waals surface area (Å²) in [6.07, 6.45) is 2.90. The van der Waals surface area contributed by atoms with Crippen LogP contribution in [0.5, 0.6) is 0 Å². The largest absolute Gasteiger partial charge is 0.465 e. The van der Waals surface area contributed by atoms with E-state index in [4.69, 9.17) is 4.42 Å². The lowest BCUT2D eigenvalue weighted by molar-refractivity contribution is -0.113. The molecule has 0 fully saturated rings. The van der Waals surface area contributed by atoms with Gasteiger partial charge in [0, 0.05) is 37.0 Å². The molecule has 152 valence electrons. The zero-order valence-corrected chi connectivity index (χ0v) is 16.6. The summed E-state index contributed by atoms with van der Waals surface area (Å²) in [5, 5.41) is 5.33. The van der Waals surface area contributed by atoms with Gasteiger partial charge in [0.25, 0.3) is 17.7 Å². The van der Waals surface area contributed by atoms with Gasteiger partial charge in [-0.05, 0) is 42.5 Å². The number of nitrogens with one attached hydrogen (secondary N) is 2. The Morgan fingerprint density at radius 1 is 0.900 bits per heavy atom. The summed E-state index contributed by atoms with van der Waals surface area (Å²) in [6, 6.07) is 18.5. The highest BCUT2D eigenvalue weighted by Crippen LogP contribution is 2.14. The van der Waals surface area contributed by atoms with Crippen LogP contribution in [-0.4, -0.2) is 36.7 Å². The van der Waals surface area contributed by atoms with Gasteiger partial charge in [-0.1, -0.05) is 24.3 Å². The summed E-state index contributed by atoms with van der Waals surface area (Å²) in [6.45, 7) is 0. The van der Waals surface area contributed by atoms with Gasteiger partial charge in [0.15, 0.2) is 0 Å². The second-order valence-electron chi connectivity index (χ2n) is 6.63. The molecule has 3 aromatic rings. The number of furan rings is 1. The number of carbonyl (C=O) groups excluding carboxylic acids is 3. The lowest BCUT2D eigenvalue weighted by Crippen LogP contribution is -2.30. The predicted octanol–water partition coefficient (Wildman–Crippen LogP) is 3.39. The Hall–Kier alpha value is -4.13. The molecule has 3 rings (SSSR count). The van der Waals surface area contributed by atoms with Gasteiger partial charge in [-0.25, -0.2) is 0 Å². The molecule has 0 aliphatic rings. The Balaban J connectivity index is 1.83. The molecule has 1 heterocycles. The van der Waals surface area contributed by atoms with E-state index >= 15 is 0 Å². The van der Waals surface area contributed by atoms with Gasteiger partial charge in [0.2, 0.25) is 0 Å². The van der Waals surface area contributed by atoms with Crippen molar-refractivity contribution in [2.24, 2.45) is 0 Å². The molecule has 0 aliphatic carbocycles. The molecule has 2 aromatic carbocycles. The fourth-order valence-corrected chi connectivity index (χ4v) is 2.64. The minimum absolute atomic E-state index is 0.00291. The number of nitrogens with zero attached hydrogens (tertiary/aromatic N) is 1. The summed E-state index contributed by atoms with van der Waals surface area (Å²) in [5.41, 5.74) is 1.27. The van der Waals surface area contributed by atoms with E-state index in [9.17, 15) is 14.4 Å². The number of carbonyl (C=O) groups is 3. The van der Waals surface area contributed by atoms with Gasteiger partial charge in [-0.2, -0.15) is 0 Å². The molecule has 0 saturated heterocycles. The highest BCUT2D eigenvalue weighted by Gasteiger charge is 2.16. The normalized spacial score (nSPS) is 10.9. The molecule has 0 aliphatic heterocycles. The number of anilines is 1. The van der Waals surface area contributed by atoms with Crippen molar-refractivity contribution >= 4 is 29.5 Å². The van der Waals surface area contributed by atoms with Crippen molar-refractivity contribution in [1.82, 2.24) is 10.2 Å². The third-order valence-electron chi connectivity index (χ3n) is 4.13. The van der Waals surface area contributed by atoms with Gasteiger partial charge in [-0.3, -0.25) is 14.4 Å². The minimum atomic E-state index is -0.551. The average Bonchev–Trinajstić information content (AvgIpc) is 3.26. The Kier molecular flexibility index (Phi) is 6.44. The van der Waals surface area contributed by atoms with Gasteiger partial charge in [-0.15, -0.1) is 0 Å². The lowest BCUT2D eigenvalue weighted by Gasteiger charge is -2.13. The first kappa shape index (κ1) is 20.6. The van der Waals surface area contributed by atoms with Crippen LogP contribution in [0.4, 0.5) is 5.69 Å². The van der Waals surface area contributed by atoms with Crippen LogP contribution in [0, 0.1) is 0 Å². The van der Waals surface area contributed by atoms with Gasteiger partial charge in [0.1, 0.15) is 11.5 Å². The highest BCUT2D eigenvalue weighted by atomic mass is 16.3. The van der Waals surface area contributed by atoms with Gasteiger partial charge in [0.05, 0.1) is 6.26 Å². The maximum atomic E-state index is 12.9. The van der Waals surface area contributed by atoms with Crippen molar-refractivity contribution in [3.63, 3.8) is 0 Å². The standard InChI is InChI=1S/C23H21N3O4/c1-26(2)23(29)17-10-6-11-18(14-17)24-22(28)20(15-19-12-7-13-30-19)25-21(27)16-8-4-3-5-9-16/h3-15H,1-2H3,(H,24,28)(H,25,27). The van der Waals surface area contributed by atoms with Crippen molar-refractivity contribution in [3.05, 3.63) is 95.6 Å². The molecule has 0 atom stereocenters. The van der Waals surface area contributed by atoms with Gasteiger partial charge < -0.3 is 20.0 Å². The van der Waals surface area contributed by atoms with E-state index in [0.717, 1.165) is 0 Å². The van der Waals surface area contributed by atoms with E-state index in [1.165, 1.54) is 17.2 Å². The van der Waals surface area contributed by atoms with Gasteiger partial charge >= 0.3 is 0 Å². The lowest BCUT2D eigenvalue weighted by atomic mass is 10.1. The quantitative estimate of drug-likeness (QED) is 0.617. The first-order chi connectivity index (χ1) is 14.4. The Morgan fingerprint density at radius 2 is 1.63 bits per heavy atom. The maximum absolute atomic E-state index is 12.9. The number of hydrogen-bond acceptors (Lipinski definition) is 4. The molecule has 0 bridgehead atoms. The number of amides is 3. The van der Waals surface area contributed by atoms with Crippen LogP contribution in [0.1, 0.15) is 26.5 Å². The monoisotopic (exact) mass is 403 g/mol. The van der Waals surface area contributed by atoms with E-state index < -0.39 is 11.8 Å². The third kappa shape index (κ3) is 5.23. The van der Waals surface area contributed by atoms with Crippen molar-refractivity contribution < 1.29 is 18.8 Å². The molecular weight excluding hydrogens is 382 g/mol. The second kappa shape index (κ2) is 9.38. The molecule has 3 amide bonds. The summed E-state index contributed by atoms with van der Waals surface area (Å²) in [4.78, 5) is 39.0. The Morgan fingerprint density at radius 3 is 2.30 bits per heavy atom. The highest BCUT2D eigenvalue weighted by molar-refractivity contribution is 6.10. The SMILES string of the molecule is CN(C)C(=O)c1cccc(NC(=O)C(=Cc2ccco2)NC(=O)c2ccccc2)c1. The zero-order chi connectivity index (χ0) is 21.5. The van der Waals surface area contributed by atoms with E-state index in [1.54, 1.807) is 80.8 Å². The van der Waals surface area contributed by atoms with E-state index in [0.29, 0.717) is 22.6 Å². The van der Waals surface area contributed by atoms with Crippen molar-refractivity contribution in [3.8, 4) is 0 Å². The third-order valence-corrected chi connectivity index (χ3v) is 4.13. The second-order valence-corrected chi connectivity index (χ2v) is 6.63. The van der Waals surface area contributed by atoms with Crippen LogP contribution < -0.4 is 10.6 Å². The van der Waals surface area contributed by atoms with Crippen LogP contribution in [0.3, 0.4) is 0 Å². The van der Waals surface area contributed by atoms with E-state index in [-0.39, 0.29) is 11.6 Å². The van der Waals surface area contributed by atoms with Crippen LogP contribution in [0.2, 0.25) is 0 Å². The van der Waals surface area contributed by atoms with Crippen LogP contribution >= 0.6 is 0 Å². The van der Waals surface area contributed by atoms with E-state index in [2.05, 4.69) is 10.6 Å². The van der Waals surface area contributed by atoms with Crippen molar-refractivity contribution in [2.75, 3.05) is 19.4 Å². The molecule has 1 aromatic heterocycles. The number of benzene rings is 2. The van der Waals surface area contributed by atoms with Crippen LogP contribution in [0.25, 0.3) is 6.08 Å². The summed E-state index contributed by atoms with van der Waals surface area (Å²) in [5.74, 6) is -0.759. The molecule has 0 radical (unpaired) electrons. The summed E-state index contributed by atoms with van der Waals surface area (Å²) < 4.78 is 5.27. The summed E-state index contributed by atoms with van der Waals surface area (Å²) >= 11 is 0. The van der Waals surface area contributed by atoms with Crippen molar-refractivity contribution in [2.45, 2.75) is 0 Å². The molecule has 2 N–H and O–H groups in total. The Bertz CT molecular complexity index is 1070. The summed E-state index contributed by atoms with van der Waals surface area (Å²) in [7, 11) is 3.30. The Labute approximate surface area is 174 Å². The molecule has 7 heteroatoms. The minimum Gasteiger partial charge on any atom is -0.465 e. The topological polar surface area (TPSA) is 91.7 Å². The first-order valence-electron chi connectivity index (χ1n) is 9.18. The maximum Gasteiger partial charge on any atom is 0.272 e. The molecule has 0 unspecified atom stereocenters. The fraction of sp³-hybridized carbons (Fsp3) is 0.0870. The average molecular weight is 403 g/mol.